The van der Waals surface area contributed by atoms with Crippen molar-refractivity contribution in [1.82, 2.24) is 15.5 Å². The van der Waals surface area contributed by atoms with Crippen LogP contribution in [0, 0.1) is 0 Å². The zero-order valence-electron chi connectivity index (χ0n) is 15.6. The van der Waals surface area contributed by atoms with E-state index in [1.807, 2.05) is 7.05 Å². The van der Waals surface area contributed by atoms with Gasteiger partial charge in [0.05, 0.1) is 13.2 Å². The van der Waals surface area contributed by atoms with Crippen LogP contribution in [0.1, 0.15) is 31.2 Å². The van der Waals surface area contributed by atoms with Crippen LogP contribution < -0.4 is 10.6 Å². The first-order chi connectivity index (χ1) is 12.3. The van der Waals surface area contributed by atoms with Crippen LogP contribution in [-0.4, -0.2) is 56.8 Å². The Kier molecular flexibility index (Phi) is 9.95. The van der Waals surface area contributed by atoms with Crippen LogP contribution in [0.2, 0.25) is 0 Å². The lowest BCUT2D eigenvalue weighted by atomic mass is 10.0. The molecule has 0 radical (unpaired) electrons. The molecule has 146 valence electrons. The highest BCUT2D eigenvalue weighted by Gasteiger charge is 2.20. The summed E-state index contributed by atoms with van der Waals surface area (Å²) >= 11 is 1.78. The predicted octanol–water partition coefficient (Wildman–Crippen LogP) is 3.23. The summed E-state index contributed by atoms with van der Waals surface area (Å²) in [6, 6.07) is 2.75. The van der Waals surface area contributed by atoms with E-state index in [1.165, 1.54) is 24.0 Å². The molecule has 0 aromatic carbocycles. The smallest absolute Gasteiger partial charge is 0.191 e. The fourth-order valence-electron chi connectivity index (χ4n) is 3.40. The molecule has 0 amide bonds. The zero-order valence-corrected chi connectivity index (χ0v) is 18.7. The van der Waals surface area contributed by atoms with E-state index in [0.29, 0.717) is 6.04 Å². The van der Waals surface area contributed by atoms with Gasteiger partial charge in [-0.15, -0.1) is 24.0 Å². The molecule has 0 aliphatic carbocycles. The summed E-state index contributed by atoms with van der Waals surface area (Å²) < 4.78 is 5.35. The molecule has 5 nitrogen and oxygen atoms in total. The number of aliphatic imine (C=N–C) groups is 1. The van der Waals surface area contributed by atoms with Crippen molar-refractivity contribution in [2.24, 2.45) is 4.99 Å². The van der Waals surface area contributed by atoms with E-state index < -0.39 is 0 Å². The first-order valence-corrected chi connectivity index (χ1v) is 10.2. The molecular weight excluding hydrogens is 459 g/mol. The highest BCUT2D eigenvalue weighted by Crippen LogP contribution is 2.15. The van der Waals surface area contributed by atoms with Crippen LogP contribution in [0.4, 0.5) is 0 Å². The summed E-state index contributed by atoms with van der Waals surface area (Å²) in [7, 11) is 1.86. The van der Waals surface area contributed by atoms with Gasteiger partial charge in [-0.2, -0.15) is 11.3 Å². The largest absolute Gasteiger partial charge is 0.377 e. The molecule has 2 aliphatic rings. The number of thiophene rings is 1. The number of piperidine rings is 1. The van der Waals surface area contributed by atoms with E-state index in [0.717, 1.165) is 58.2 Å². The number of guanidine groups is 1. The predicted molar refractivity (Wildman–Crippen MR) is 121 cm³/mol. The second-order valence-corrected chi connectivity index (χ2v) is 7.54. The summed E-state index contributed by atoms with van der Waals surface area (Å²) in [5.41, 5.74) is 2.94. The van der Waals surface area contributed by atoms with Crippen molar-refractivity contribution >= 4 is 41.3 Å². The Morgan fingerprint density at radius 1 is 1.38 bits per heavy atom. The normalized spacial score (nSPS) is 19.6. The molecule has 3 heterocycles. The summed E-state index contributed by atoms with van der Waals surface area (Å²) in [5.74, 6) is 0.934. The topological polar surface area (TPSA) is 48.9 Å². The Balaban J connectivity index is 0.00000243. The van der Waals surface area contributed by atoms with Gasteiger partial charge >= 0.3 is 0 Å². The lowest BCUT2D eigenvalue weighted by Crippen LogP contribution is -2.48. The number of halogens is 1. The monoisotopic (exact) mass is 490 g/mol. The zero-order chi connectivity index (χ0) is 17.3. The molecule has 2 N–H and O–H groups in total. The molecule has 1 saturated heterocycles. The summed E-state index contributed by atoms with van der Waals surface area (Å²) in [6.07, 6.45) is 6.70. The Labute approximate surface area is 178 Å². The Morgan fingerprint density at radius 3 is 2.88 bits per heavy atom. The molecule has 2 aliphatic heterocycles. The second-order valence-electron chi connectivity index (χ2n) is 6.76. The quantitative estimate of drug-likeness (QED) is 0.278. The summed E-state index contributed by atoms with van der Waals surface area (Å²) in [4.78, 5) is 6.93. The van der Waals surface area contributed by atoms with Crippen molar-refractivity contribution < 1.29 is 4.74 Å². The van der Waals surface area contributed by atoms with Crippen LogP contribution >= 0.6 is 35.3 Å². The SMILES string of the molecule is CN=C(NCCC1=CCOCC1)NC1CCN(Cc2ccsc2)CC1.I. The Hall–Kier alpha value is -0.640. The van der Waals surface area contributed by atoms with E-state index in [4.69, 9.17) is 4.74 Å². The molecule has 0 spiro atoms. The van der Waals surface area contributed by atoms with Gasteiger partial charge in [-0.25, -0.2) is 0 Å². The molecule has 26 heavy (non-hydrogen) atoms. The maximum Gasteiger partial charge on any atom is 0.191 e. The minimum atomic E-state index is 0. The van der Waals surface area contributed by atoms with Gasteiger partial charge in [0.25, 0.3) is 0 Å². The summed E-state index contributed by atoms with van der Waals surface area (Å²) in [6.45, 7) is 5.95. The van der Waals surface area contributed by atoms with E-state index in [-0.39, 0.29) is 24.0 Å². The lowest BCUT2D eigenvalue weighted by molar-refractivity contribution is 0.153. The molecule has 7 heteroatoms. The molecule has 1 aromatic rings. The maximum atomic E-state index is 5.35. The van der Waals surface area contributed by atoms with Crippen molar-refractivity contribution in [2.45, 2.75) is 38.3 Å². The van der Waals surface area contributed by atoms with Crippen LogP contribution in [0.3, 0.4) is 0 Å². The molecule has 1 aromatic heterocycles. The van der Waals surface area contributed by atoms with Crippen LogP contribution in [0.25, 0.3) is 0 Å². The van der Waals surface area contributed by atoms with Crippen LogP contribution in [-0.2, 0) is 11.3 Å². The number of ether oxygens (including phenoxy) is 1. The molecule has 0 saturated carbocycles. The van der Waals surface area contributed by atoms with Crippen molar-refractivity contribution in [3.63, 3.8) is 0 Å². The lowest BCUT2D eigenvalue weighted by Gasteiger charge is -2.33. The second kappa shape index (κ2) is 11.9. The van der Waals surface area contributed by atoms with Crippen molar-refractivity contribution in [3.8, 4) is 0 Å². The van der Waals surface area contributed by atoms with Gasteiger partial charge < -0.3 is 15.4 Å². The third kappa shape index (κ3) is 7.17. The number of nitrogens with zero attached hydrogens (tertiary/aromatic N) is 2. The molecule has 0 unspecified atom stereocenters. The van der Waals surface area contributed by atoms with Crippen molar-refractivity contribution in [2.75, 3.05) is 39.9 Å². The average molecular weight is 490 g/mol. The maximum absolute atomic E-state index is 5.35. The third-order valence-corrected chi connectivity index (χ3v) is 5.67. The van der Waals surface area contributed by atoms with Crippen LogP contribution in [0.15, 0.2) is 33.5 Å². The fourth-order valence-corrected chi connectivity index (χ4v) is 4.06. The standard InChI is InChI=1S/C19H30N4OS.HI/c1-20-19(21-8-2-16-5-11-24-12-6-16)22-18-3-9-23(10-4-18)14-17-7-13-25-15-17;/h5,7,13,15,18H,2-4,6,8-12,14H2,1H3,(H2,20,21,22);1H. The number of likely N-dealkylation sites (tertiary alicyclic amines) is 1. The van der Waals surface area contributed by atoms with Gasteiger partial charge in [0.15, 0.2) is 5.96 Å². The summed E-state index contributed by atoms with van der Waals surface area (Å²) in [5, 5.41) is 11.5. The molecule has 0 bridgehead atoms. The number of hydrogen-bond acceptors (Lipinski definition) is 4. The molecule has 3 rings (SSSR count). The molecule has 0 atom stereocenters. The number of hydrogen-bond donors (Lipinski definition) is 2. The minimum Gasteiger partial charge on any atom is -0.377 e. The van der Waals surface area contributed by atoms with E-state index >= 15 is 0 Å². The van der Waals surface area contributed by atoms with E-state index in [9.17, 15) is 0 Å². The van der Waals surface area contributed by atoms with Gasteiger partial charge in [-0.05, 0) is 48.1 Å². The highest BCUT2D eigenvalue weighted by molar-refractivity contribution is 14.0. The van der Waals surface area contributed by atoms with Gasteiger partial charge in [-0.1, -0.05) is 11.6 Å². The van der Waals surface area contributed by atoms with Crippen LogP contribution in [0.5, 0.6) is 0 Å². The molecule has 1 fully saturated rings. The third-order valence-electron chi connectivity index (χ3n) is 4.93. The van der Waals surface area contributed by atoms with Gasteiger partial charge in [0, 0.05) is 39.3 Å². The van der Waals surface area contributed by atoms with Crippen molar-refractivity contribution in [3.05, 3.63) is 34.0 Å². The van der Waals surface area contributed by atoms with Gasteiger partial charge in [0.1, 0.15) is 0 Å². The number of rotatable bonds is 6. The van der Waals surface area contributed by atoms with Crippen molar-refractivity contribution in [1.29, 1.82) is 0 Å². The average Bonchev–Trinajstić information content (AvgIpc) is 3.16. The highest BCUT2D eigenvalue weighted by atomic mass is 127. The first kappa shape index (κ1) is 21.7. The first-order valence-electron chi connectivity index (χ1n) is 9.30. The van der Waals surface area contributed by atoms with E-state index in [1.54, 1.807) is 11.3 Å². The minimum absolute atomic E-state index is 0. The Morgan fingerprint density at radius 2 is 2.23 bits per heavy atom. The Bertz CT molecular complexity index is 568. The van der Waals surface area contributed by atoms with Gasteiger partial charge in [0.2, 0.25) is 0 Å². The number of nitrogens with one attached hydrogen (secondary N) is 2. The fraction of sp³-hybridized carbons (Fsp3) is 0.632. The molecular formula is C19H31IN4OS. The van der Waals surface area contributed by atoms with E-state index in [2.05, 4.69) is 43.4 Å². The van der Waals surface area contributed by atoms with Gasteiger partial charge in [-0.3, -0.25) is 9.89 Å².